The number of halogens is 1. The fourth-order valence-electron chi connectivity index (χ4n) is 3.59. The first kappa shape index (κ1) is 17.3. The quantitative estimate of drug-likeness (QED) is 0.894. The third-order valence-electron chi connectivity index (χ3n) is 4.69. The highest BCUT2D eigenvalue weighted by Crippen LogP contribution is 2.26. The highest BCUT2D eigenvalue weighted by atomic mass is 35.5. The Hall–Kier alpha value is -1.10. The van der Waals surface area contributed by atoms with E-state index in [0.717, 1.165) is 43.7 Å². The van der Waals surface area contributed by atoms with Crippen molar-refractivity contribution in [2.45, 2.75) is 19.8 Å². The van der Waals surface area contributed by atoms with Gasteiger partial charge in [-0.15, -0.1) is 12.4 Å². The van der Waals surface area contributed by atoms with Crippen LogP contribution in [0.1, 0.15) is 25.3 Å². The summed E-state index contributed by atoms with van der Waals surface area (Å²) in [5.41, 5.74) is 2.16. The summed E-state index contributed by atoms with van der Waals surface area (Å²) in [6.07, 6.45) is 0. The van der Waals surface area contributed by atoms with Gasteiger partial charge >= 0.3 is 0 Å². The third-order valence-corrected chi connectivity index (χ3v) is 4.69. The molecule has 2 saturated heterocycles. The number of carbonyl (C=O) groups excluding carboxylic acids is 1. The van der Waals surface area contributed by atoms with E-state index in [-0.39, 0.29) is 18.3 Å². The molecule has 2 N–H and O–H groups in total. The Bertz CT molecular complexity index is 508. The molecule has 0 aromatic heterocycles. The normalized spacial score (nSPS) is 24.1. The number of benzene rings is 1. The number of carbonyl (C=O) groups is 1. The lowest BCUT2D eigenvalue weighted by molar-refractivity contribution is -0.117. The van der Waals surface area contributed by atoms with Gasteiger partial charge in [-0.3, -0.25) is 9.69 Å². The number of hydrogen-bond acceptors (Lipinski definition) is 3. The molecule has 0 radical (unpaired) electrons. The number of rotatable bonds is 4. The van der Waals surface area contributed by atoms with Crippen LogP contribution in [0.4, 0.5) is 5.69 Å². The van der Waals surface area contributed by atoms with Crippen LogP contribution in [-0.4, -0.2) is 43.5 Å². The first-order valence-electron chi connectivity index (χ1n) is 7.95. The summed E-state index contributed by atoms with van der Waals surface area (Å²) in [6.45, 7) is 9.14. The average Bonchev–Trinajstić information content (AvgIpc) is 2.99. The van der Waals surface area contributed by atoms with Gasteiger partial charge in [-0.25, -0.2) is 0 Å². The van der Waals surface area contributed by atoms with Crippen molar-refractivity contribution in [1.29, 1.82) is 0 Å². The molecule has 3 rings (SSSR count). The molecule has 0 bridgehead atoms. The van der Waals surface area contributed by atoms with Crippen LogP contribution in [0.25, 0.3) is 0 Å². The van der Waals surface area contributed by atoms with E-state index in [9.17, 15) is 4.79 Å². The zero-order chi connectivity index (χ0) is 14.8. The molecule has 22 heavy (non-hydrogen) atoms. The fraction of sp³-hybridized carbons (Fsp3) is 0.588. The van der Waals surface area contributed by atoms with E-state index >= 15 is 0 Å². The molecule has 0 saturated carbocycles. The second-order valence-electron chi connectivity index (χ2n) is 6.66. The summed E-state index contributed by atoms with van der Waals surface area (Å²) in [5.74, 6) is 2.00. The Morgan fingerprint density at radius 3 is 2.55 bits per heavy atom. The summed E-state index contributed by atoms with van der Waals surface area (Å²) in [6, 6.07) is 8.09. The van der Waals surface area contributed by atoms with Gasteiger partial charge in [-0.2, -0.15) is 0 Å². The molecule has 0 unspecified atom stereocenters. The van der Waals surface area contributed by atoms with Crippen molar-refractivity contribution in [3.05, 3.63) is 29.8 Å². The average molecular weight is 324 g/mol. The van der Waals surface area contributed by atoms with Gasteiger partial charge in [0.15, 0.2) is 0 Å². The molecule has 2 fully saturated rings. The maximum atomic E-state index is 12.3. The van der Waals surface area contributed by atoms with E-state index in [0.29, 0.717) is 12.5 Å². The summed E-state index contributed by atoms with van der Waals surface area (Å²) < 4.78 is 0. The van der Waals surface area contributed by atoms with Crippen LogP contribution in [0.3, 0.4) is 0 Å². The Morgan fingerprint density at radius 2 is 1.91 bits per heavy atom. The second-order valence-corrected chi connectivity index (χ2v) is 6.66. The van der Waals surface area contributed by atoms with Crippen molar-refractivity contribution >= 4 is 24.0 Å². The van der Waals surface area contributed by atoms with Gasteiger partial charge in [0, 0.05) is 18.8 Å². The minimum Gasteiger partial charge on any atom is -0.325 e. The highest BCUT2D eigenvalue weighted by Gasteiger charge is 2.36. The van der Waals surface area contributed by atoms with Gasteiger partial charge in [0.25, 0.3) is 0 Å². The summed E-state index contributed by atoms with van der Waals surface area (Å²) >= 11 is 0. The predicted octanol–water partition coefficient (Wildman–Crippen LogP) is 2.32. The number of hydrogen-bond donors (Lipinski definition) is 2. The number of likely N-dealkylation sites (tertiary alicyclic amines) is 1. The molecule has 2 aliphatic rings. The van der Waals surface area contributed by atoms with Gasteiger partial charge in [0.05, 0.1) is 6.54 Å². The SMILES string of the molecule is CC(C)c1ccccc1NC(=O)CN1C[C@H]2CNC[C@H]2C1.Cl. The van der Waals surface area contributed by atoms with E-state index < -0.39 is 0 Å². The van der Waals surface area contributed by atoms with Crippen LogP contribution in [-0.2, 0) is 4.79 Å². The van der Waals surface area contributed by atoms with Crippen molar-refractivity contribution in [2.75, 3.05) is 38.0 Å². The van der Waals surface area contributed by atoms with E-state index in [4.69, 9.17) is 0 Å². The molecule has 2 atom stereocenters. The van der Waals surface area contributed by atoms with Crippen molar-refractivity contribution in [3.8, 4) is 0 Å². The molecule has 4 nitrogen and oxygen atoms in total. The standard InChI is InChI=1S/C17H25N3O.ClH/c1-12(2)15-5-3-4-6-16(15)19-17(21)11-20-9-13-7-18-8-14(13)10-20;/h3-6,12-14,18H,7-11H2,1-2H3,(H,19,21);1H/t13-,14+;. The lowest BCUT2D eigenvalue weighted by Crippen LogP contribution is -2.34. The van der Waals surface area contributed by atoms with Gasteiger partial charge in [-0.05, 0) is 42.5 Å². The van der Waals surface area contributed by atoms with Crippen LogP contribution in [0, 0.1) is 11.8 Å². The van der Waals surface area contributed by atoms with Crippen molar-refractivity contribution < 1.29 is 4.79 Å². The van der Waals surface area contributed by atoms with Gasteiger partial charge in [0.2, 0.25) is 5.91 Å². The molecule has 1 aromatic rings. The molecule has 1 amide bonds. The summed E-state index contributed by atoms with van der Waals surface area (Å²) in [4.78, 5) is 14.6. The number of fused-ring (bicyclic) bond motifs is 1. The Morgan fingerprint density at radius 1 is 1.27 bits per heavy atom. The molecule has 2 aliphatic heterocycles. The lowest BCUT2D eigenvalue weighted by atomic mass is 10.0. The topological polar surface area (TPSA) is 44.4 Å². The van der Waals surface area contributed by atoms with E-state index in [1.165, 1.54) is 5.56 Å². The van der Waals surface area contributed by atoms with Crippen molar-refractivity contribution in [3.63, 3.8) is 0 Å². The van der Waals surface area contributed by atoms with Crippen LogP contribution in [0.5, 0.6) is 0 Å². The number of amides is 1. The Labute approximate surface area is 139 Å². The molecule has 2 heterocycles. The van der Waals surface area contributed by atoms with Crippen LogP contribution >= 0.6 is 12.4 Å². The number of nitrogens with one attached hydrogen (secondary N) is 2. The van der Waals surface area contributed by atoms with Crippen LogP contribution < -0.4 is 10.6 Å². The predicted molar refractivity (Wildman–Crippen MR) is 92.7 cm³/mol. The Balaban J connectivity index is 0.00000176. The van der Waals surface area contributed by atoms with Gasteiger partial charge < -0.3 is 10.6 Å². The smallest absolute Gasteiger partial charge is 0.238 e. The lowest BCUT2D eigenvalue weighted by Gasteiger charge is -2.18. The number of para-hydroxylation sites is 1. The van der Waals surface area contributed by atoms with E-state index in [1.807, 2.05) is 18.2 Å². The fourth-order valence-corrected chi connectivity index (χ4v) is 3.59. The third kappa shape index (κ3) is 3.80. The van der Waals surface area contributed by atoms with E-state index in [1.54, 1.807) is 0 Å². The summed E-state index contributed by atoms with van der Waals surface area (Å²) in [5, 5.41) is 6.52. The zero-order valence-electron chi connectivity index (χ0n) is 13.3. The van der Waals surface area contributed by atoms with E-state index in [2.05, 4.69) is 35.4 Å². The summed E-state index contributed by atoms with van der Waals surface area (Å²) in [7, 11) is 0. The largest absolute Gasteiger partial charge is 0.325 e. The first-order chi connectivity index (χ1) is 10.1. The molecular weight excluding hydrogens is 298 g/mol. The highest BCUT2D eigenvalue weighted by molar-refractivity contribution is 5.93. The molecule has 0 spiro atoms. The van der Waals surface area contributed by atoms with Crippen molar-refractivity contribution in [1.82, 2.24) is 10.2 Å². The molecule has 0 aliphatic carbocycles. The number of anilines is 1. The minimum atomic E-state index is 0. The Kier molecular flexibility index (Phi) is 5.84. The minimum absolute atomic E-state index is 0. The first-order valence-corrected chi connectivity index (χ1v) is 7.95. The monoisotopic (exact) mass is 323 g/mol. The van der Waals surface area contributed by atoms with Crippen LogP contribution in [0.2, 0.25) is 0 Å². The maximum Gasteiger partial charge on any atom is 0.238 e. The zero-order valence-corrected chi connectivity index (χ0v) is 14.2. The molecule has 5 heteroatoms. The maximum absolute atomic E-state index is 12.3. The number of nitrogens with zero attached hydrogens (tertiary/aromatic N) is 1. The van der Waals surface area contributed by atoms with Gasteiger partial charge in [-0.1, -0.05) is 32.0 Å². The van der Waals surface area contributed by atoms with Crippen LogP contribution in [0.15, 0.2) is 24.3 Å². The molecule has 122 valence electrons. The molecule has 1 aromatic carbocycles. The van der Waals surface area contributed by atoms with Crippen molar-refractivity contribution in [2.24, 2.45) is 11.8 Å². The molecular formula is C17H26ClN3O. The van der Waals surface area contributed by atoms with Gasteiger partial charge in [0.1, 0.15) is 0 Å². The second kappa shape index (κ2) is 7.44.